The summed E-state index contributed by atoms with van der Waals surface area (Å²) < 4.78 is 19.3. The van der Waals surface area contributed by atoms with Crippen molar-refractivity contribution in [2.75, 3.05) is 0 Å². The molecule has 4 nitrogen and oxygen atoms in total. The first kappa shape index (κ1) is 12.3. The number of hydrogen-bond acceptors (Lipinski definition) is 6. The highest BCUT2D eigenvalue weighted by Gasteiger charge is 2.08. The quantitative estimate of drug-likeness (QED) is 0.688. The van der Waals surface area contributed by atoms with E-state index < -0.39 is 0 Å². The van der Waals surface area contributed by atoms with Crippen LogP contribution in [0.15, 0.2) is 44.7 Å². The summed E-state index contributed by atoms with van der Waals surface area (Å²) in [5, 5.41) is 7.68. The van der Waals surface area contributed by atoms with Crippen molar-refractivity contribution in [3.63, 3.8) is 0 Å². The number of rotatable bonds is 4. The summed E-state index contributed by atoms with van der Waals surface area (Å²) in [6, 6.07) is 6.12. The van der Waals surface area contributed by atoms with Crippen molar-refractivity contribution in [1.29, 1.82) is 0 Å². The first-order chi connectivity index (χ1) is 9.31. The number of oxazole rings is 1. The molecule has 0 bridgehead atoms. The molecule has 2 aromatic heterocycles. The van der Waals surface area contributed by atoms with Crippen LogP contribution in [0.5, 0.6) is 0 Å². The van der Waals surface area contributed by atoms with Gasteiger partial charge in [0.05, 0.1) is 11.9 Å². The van der Waals surface area contributed by atoms with Crippen molar-refractivity contribution in [3.8, 4) is 11.3 Å². The van der Waals surface area contributed by atoms with Gasteiger partial charge >= 0.3 is 0 Å². The highest BCUT2D eigenvalue weighted by Crippen LogP contribution is 2.26. The average Bonchev–Trinajstić information content (AvgIpc) is 3.09. The third-order valence-corrected chi connectivity index (χ3v) is 4.19. The molecule has 0 amide bonds. The van der Waals surface area contributed by atoms with Crippen LogP contribution in [0.25, 0.3) is 11.3 Å². The Morgan fingerprint density at radius 2 is 2.11 bits per heavy atom. The van der Waals surface area contributed by atoms with Crippen LogP contribution in [0.1, 0.15) is 5.89 Å². The van der Waals surface area contributed by atoms with Gasteiger partial charge in [-0.15, -0.1) is 10.2 Å². The van der Waals surface area contributed by atoms with Gasteiger partial charge in [0, 0.05) is 5.56 Å². The van der Waals surface area contributed by atoms with Crippen molar-refractivity contribution in [3.05, 3.63) is 47.7 Å². The fraction of sp³-hybridized carbons (Fsp3) is 0.0833. The summed E-state index contributed by atoms with van der Waals surface area (Å²) in [6.07, 6.45) is 1.64. The molecule has 2 heterocycles. The zero-order chi connectivity index (χ0) is 13.1. The van der Waals surface area contributed by atoms with Gasteiger partial charge in [0.1, 0.15) is 11.3 Å². The molecule has 1 aromatic carbocycles. The van der Waals surface area contributed by atoms with E-state index in [9.17, 15) is 4.39 Å². The molecule has 0 N–H and O–H groups in total. The Labute approximate surface area is 116 Å². The molecule has 96 valence electrons. The number of aromatic nitrogens is 3. The largest absolute Gasteiger partial charge is 0.440 e. The Hall–Kier alpha value is -1.73. The number of nitrogens with zero attached hydrogens (tertiary/aromatic N) is 3. The molecule has 0 saturated carbocycles. The van der Waals surface area contributed by atoms with Gasteiger partial charge < -0.3 is 4.42 Å². The molecular weight excluding hydrogens is 285 g/mol. The standard InChI is InChI=1S/C12H8FN3OS2/c13-9-3-1-8(2-4-9)10-5-14-11(17-10)6-18-12-16-15-7-19-12/h1-5,7H,6H2. The minimum Gasteiger partial charge on any atom is -0.440 e. The predicted molar refractivity (Wildman–Crippen MR) is 71.4 cm³/mol. The lowest BCUT2D eigenvalue weighted by molar-refractivity contribution is 0.530. The second-order valence-corrected chi connectivity index (χ2v) is 5.67. The molecule has 0 aliphatic carbocycles. The topological polar surface area (TPSA) is 51.8 Å². The molecular formula is C12H8FN3OS2. The summed E-state index contributed by atoms with van der Waals surface area (Å²) in [4.78, 5) is 4.19. The van der Waals surface area contributed by atoms with Gasteiger partial charge in [0.2, 0.25) is 5.89 Å². The van der Waals surface area contributed by atoms with Crippen molar-refractivity contribution >= 4 is 23.1 Å². The number of hydrogen-bond donors (Lipinski definition) is 0. The minimum atomic E-state index is -0.268. The van der Waals surface area contributed by atoms with Crippen LogP contribution >= 0.6 is 23.1 Å². The lowest BCUT2D eigenvalue weighted by atomic mass is 10.2. The van der Waals surface area contributed by atoms with Crippen LogP contribution in [0.4, 0.5) is 4.39 Å². The van der Waals surface area contributed by atoms with Crippen LogP contribution in [0.3, 0.4) is 0 Å². The molecule has 0 fully saturated rings. The smallest absolute Gasteiger partial charge is 0.205 e. The van der Waals surface area contributed by atoms with Crippen molar-refractivity contribution < 1.29 is 8.81 Å². The SMILES string of the molecule is Fc1ccc(-c2cnc(CSc3nncs3)o2)cc1. The van der Waals surface area contributed by atoms with E-state index in [0.29, 0.717) is 17.4 Å². The zero-order valence-electron chi connectivity index (χ0n) is 9.62. The van der Waals surface area contributed by atoms with E-state index in [4.69, 9.17) is 4.42 Å². The molecule has 0 radical (unpaired) electrons. The molecule has 0 saturated heterocycles. The van der Waals surface area contributed by atoms with E-state index in [0.717, 1.165) is 9.90 Å². The minimum absolute atomic E-state index is 0.268. The van der Waals surface area contributed by atoms with Gasteiger partial charge in [-0.25, -0.2) is 9.37 Å². The fourth-order valence-electron chi connectivity index (χ4n) is 1.47. The van der Waals surface area contributed by atoms with Crippen LogP contribution in [0.2, 0.25) is 0 Å². The summed E-state index contributed by atoms with van der Waals surface area (Å²) >= 11 is 3.00. The summed E-state index contributed by atoms with van der Waals surface area (Å²) in [5.41, 5.74) is 2.49. The first-order valence-electron chi connectivity index (χ1n) is 5.41. The van der Waals surface area contributed by atoms with Crippen LogP contribution < -0.4 is 0 Å². The summed E-state index contributed by atoms with van der Waals surface area (Å²) in [7, 11) is 0. The highest BCUT2D eigenvalue weighted by molar-refractivity contribution is 8.00. The Morgan fingerprint density at radius 1 is 1.26 bits per heavy atom. The van der Waals surface area contributed by atoms with Gasteiger partial charge in [-0.2, -0.15) is 0 Å². The monoisotopic (exact) mass is 293 g/mol. The molecule has 0 aliphatic heterocycles. The van der Waals surface area contributed by atoms with Crippen LogP contribution in [-0.2, 0) is 5.75 Å². The molecule has 3 rings (SSSR count). The van der Waals surface area contributed by atoms with Gasteiger partial charge in [-0.3, -0.25) is 0 Å². The lowest BCUT2D eigenvalue weighted by Crippen LogP contribution is -1.79. The van der Waals surface area contributed by atoms with Crippen LogP contribution in [-0.4, -0.2) is 15.2 Å². The Morgan fingerprint density at radius 3 is 2.84 bits per heavy atom. The van der Waals surface area contributed by atoms with E-state index >= 15 is 0 Å². The van der Waals surface area contributed by atoms with Gasteiger partial charge in [-0.1, -0.05) is 23.1 Å². The second kappa shape index (κ2) is 5.50. The Bertz CT molecular complexity index is 652. The van der Waals surface area contributed by atoms with Crippen molar-refractivity contribution in [2.24, 2.45) is 0 Å². The predicted octanol–water partition coefficient (Wildman–Crippen LogP) is 3.62. The zero-order valence-corrected chi connectivity index (χ0v) is 11.2. The fourth-order valence-corrected chi connectivity index (χ4v) is 2.82. The number of halogens is 1. The van der Waals surface area contributed by atoms with Gasteiger partial charge in [-0.05, 0) is 24.3 Å². The molecule has 7 heteroatoms. The van der Waals surface area contributed by atoms with E-state index in [-0.39, 0.29) is 5.82 Å². The molecule has 3 aromatic rings. The first-order valence-corrected chi connectivity index (χ1v) is 7.27. The van der Waals surface area contributed by atoms with E-state index in [1.54, 1.807) is 23.8 Å². The van der Waals surface area contributed by atoms with Gasteiger partial charge in [0.15, 0.2) is 10.1 Å². The van der Waals surface area contributed by atoms with Crippen LogP contribution in [0, 0.1) is 5.82 Å². The molecule has 0 atom stereocenters. The third-order valence-electron chi connectivity index (χ3n) is 2.34. The second-order valence-electron chi connectivity index (χ2n) is 3.62. The molecule has 19 heavy (non-hydrogen) atoms. The lowest BCUT2D eigenvalue weighted by Gasteiger charge is -1.95. The summed E-state index contributed by atoms with van der Waals surface area (Å²) in [5.74, 6) is 1.57. The Balaban J connectivity index is 1.70. The number of thioether (sulfide) groups is 1. The Kier molecular flexibility index (Phi) is 3.56. The average molecular weight is 293 g/mol. The van der Waals surface area contributed by atoms with E-state index in [1.165, 1.54) is 35.2 Å². The number of benzene rings is 1. The normalized spacial score (nSPS) is 10.8. The highest BCUT2D eigenvalue weighted by atomic mass is 32.2. The van der Waals surface area contributed by atoms with Gasteiger partial charge in [0.25, 0.3) is 0 Å². The third kappa shape index (κ3) is 2.99. The molecule has 0 spiro atoms. The van der Waals surface area contributed by atoms with E-state index in [2.05, 4.69) is 15.2 Å². The van der Waals surface area contributed by atoms with E-state index in [1.807, 2.05) is 0 Å². The maximum absolute atomic E-state index is 12.8. The summed E-state index contributed by atoms with van der Waals surface area (Å²) in [6.45, 7) is 0. The molecule has 0 unspecified atom stereocenters. The maximum Gasteiger partial charge on any atom is 0.205 e. The maximum atomic E-state index is 12.8. The van der Waals surface area contributed by atoms with Crippen molar-refractivity contribution in [1.82, 2.24) is 15.2 Å². The molecule has 0 aliphatic rings. The van der Waals surface area contributed by atoms with Crippen molar-refractivity contribution in [2.45, 2.75) is 10.1 Å².